The van der Waals surface area contributed by atoms with Crippen LogP contribution in [0.25, 0.3) is 10.9 Å². The van der Waals surface area contributed by atoms with Gasteiger partial charge in [0.1, 0.15) is 5.69 Å². The normalized spacial score (nSPS) is 17.6. The van der Waals surface area contributed by atoms with Crippen molar-refractivity contribution in [3.63, 3.8) is 0 Å². The number of aliphatic hydroxyl groups is 1. The number of rotatable bonds is 4. The molecule has 124 valence electrons. The smallest absolute Gasteiger partial charge is 0.270 e. The van der Waals surface area contributed by atoms with Crippen molar-refractivity contribution >= 4 is 28.4 Å². The Morgan fingerprint density at radius 3 is 2.70 bits per heavy atom. The zero-order chi connectivity index (χ0) is 16.4. The van der Waals surface area contributed by atoms with Crippen LogP contribution in [0.3, 0.4) is 0 Å². The number of carbonyl (C=O) groups excluding carboxylic acids is 1. The van der Waals surface area contributed by atoms with Crippen molar-refractivity contribution in [2.75, 3.05) is 32.8 Å². The maximum atomic E-state index is 12.7. The van der Waals surface area contributed by atoms with Gasteiger partial charge in [0, 0.05) is 48.1 Å². The van der Waals surface area contributed by atoms with E-state index in [4.69, 9.17) is 11.6 Å². The lowest BCUT2D eigenvalue weighted by Gasteiger charge is -2.38. The molecule has 6 heteroatoms. The molecule has 1 aromatic carbocycles. The van der Waals surface area contributed by atoms with Crippen LogP contribution in [0.1, 0.15) is 23.8 Å². The molecule has 2 heterocycles. The number of fused-ring (bicyclic) bond motifs is 1. The quantitative estimate of drug-likeness (QED) is 0.901. The molecule has 3 rings (SSSR count). The Morgan fingerprint density at radius 2 is 2.04 bits per heavy atom. The van der Waals surface area contributed by atoms with Gasteiger partial charge in [-0.25, -0.2) is 0 Å². The average Bonchev–Trinajstić information content (AvgIpc) is 2.99. The van der Waals surface area contributed by atoms with Gasteiger partial charge in [0.25, 0.3) is 5.91 Å². The van der Waals surface area contributed by atoms with E-state index in [2.05, 4.69) is 16.8 Å². The maximum Gasteiger partial charge on any atom is 0.270 e. The molecule has 2 aromatic rings. The number of piperazine rings is 1. The molecule has 5 nitrogen and oxygen atoms in total. The minimum absolute atomic E-state index is 0.0222. The zero-order valence-electron chi connectivity index (χ0n) is 13.3. The molecule has 1 unspecified atom stereocenters. The second kappa shape index (κ2) is 6.91. The fraction of sp³-hybridized carbons (Fsp3) is 0.471. The second-order valence-electron chi connectivity index (χ2n) is 5.99. The molecule has 1 saturated heterocycles. The van der Waals surface area contributed by atoms with Crippen molar-refractivity contribution in [2.24, 2.45) is 0 Å². The first kappa shape index (κ1) is 16.3. The lowest BCUT2D eigenvalue weighted by molar-refractivity contribution is 0.0469. The summed E-state index contributed by atoms with van der Waals surface area (Å²) >= 11 is 5.99. The van der Waals surface area contributed by atoms with Crippen molar-refractivity contribution in [3.8, 4) is 0 Å². The largest absolute Gasteiger partial charge is 0.395 e. The van der Waals surface area contributed by atoms with Gasteiger partial charge in [-0.1, -0.05) is 24.6 Å². The molecule has 0 saturated carbocycles. The van der Waals surface area contributed by atoms with Gasteiger partial charge >= 0.3 is 0 Å². The summed E-state index contributed by atoms with van der Waals surface area (Å²) in [6, 6.07) is 7.64. The maximum absolute atomic E-state index is 12.7. The average molecular weight is 336 g/mol. The van der Waals surface area contributed by atoms with Gasteiger partial charge in [-0.15, -0.1) is 0 Å². The minimum Gasteiger partial charge on any atom is -0.395 e. The third-order valence-corrected chi connectivity index (χ3v) is 4.85. The number of nitrogens with zero attached hydrogens (tertiary/aromatic N) is 2. The predicted octanol–water partition coefficient (Wildman–Crippen LogP) is 2.35. The van der Waals surface area contributed by atoms with Crippen LogP contribution in [0.15, 0.2) is 24.3 Å². The number of aliphatic hydroxyl groups excluding tert-OH is 1. The van der Waals surface area contributed by atoms with Gasteiger partial charge in [-0.2, -0.15) is 0 Å². The van der Waals surface area contributed by atoms with E-state index in [9.17, 15) is 9.90 Å². The Morgan fingerprint density at radius 1 is 1.30 bits per heavy atom. The molecular weight excluding hydrogens is 314 g/mol. The topological polar surface area (TPSA) is 59.6 Å². The number of carbonyl (C=O) groups is 1. The summed E-state index contributed by atoms with van der Waals surface area (Å²) in [4.78, 5) is 20.0. The molecule has 1 fully saturated rings. The van der Waals surface area contributed by atoms with Crippen LogP contribution in [0.4, 0.5) is 0 Å². The molecule has 23 heavy (non-hydrogen) atoms. The standard InChI is InChI=1S/C17H22ClN3O2/c1-2-14(11-22)20-5-7-21(8-6-20)17(23)16-9-12-3-4-13(18)10-15(12)19-16/h3-4,9-10,14,19,22H,2,5-8,11H2,1H3. The Hall–Kier alpha value is -1.56. The Bertz CT molecular complexity index is 688. The Labute approximate surface area is 140 Å². The monoisotopic (exact) mass is 335 g/mol. The zero-order valence-corrected chi connectivity index (χ0v) is 14.0. The summed E-state index contributed by atoms with van der Waals surface area (Å²) in [6.45, 7) is 5.23. The van der Waals surface area contributed by atoms with Gasteiger partial charge in [0.15, 0.2) is 0 Å². The third-order valence-electron chi connectivity index (χ3n) is 4.61. The SMILES string of the molecule is CCC(CO)N1CCN(C(=O)c2cc3ccc(Cl)cc3[nH]2)CC1. The van der Waals surface area contributed by atoms with Gasteiger partial charge in [-0.05, 0) is 24.6 Å². The number of aromatic amines is 1. The minimum atomic E-state index is 0.0222. The molecule has 2 N–H and O–H groups in total. The highest BCUT2D eigenvalue weighted by Gasteiger charge is 2.26. The fourth-order valence-corrected chi connectivity index (χ4v) is 3.35. The number of aromatic nitrogens is 1. The summed E-state index contributed by atoms with van der Waals surface area (Å²) in [5.74, 6) is 0.0222. The first-order valence-corrected chi connectivity index (χ1v) is 8.42. The molecule has 0 bridgehead atoms. The van der Waals surface area contributed by atoms with E-state index in [-0.39, 0.29) is 18.6 Å². The molecule has 0 radical (unpaired) electrons. The van der Waals surface area contributed by atoms with E-state index in [1.807, 2.05) is 29.2 Å². The van der Waals surface area contributed by atoms with Crippen LogP contribution in [0.2, 0.25) is 5.02 Å². The van der Waals surface area contributed by atoms with Gasteiger partial charge in [0.05, 0.1) is 6.61 Å². The lowest BCUT2D eigenvalue weighted by Crippen LogP contribution is -2.52. The van der Waals surface area contributed by atoms with E-state index in [0.29, 0.717) is 23.8 Å². The summed E-state index contributed by atoms with van der Waals surface area (Å²) in [5.41, 5.74) is 1.48. The third kappa shape index (κ3) is 3.37. The van der Waals surface area contributed by atoms with Crippen molar-refractivity contribution in [2.45, 2.75) is 19.4 Å². The van der Waals surface area contributed by atoms with Crippen molar-refractivity contribution in [1.82, 2.24) is 14.8 Å². The van der Waals surface area contributed by atoms with E-state index in [1.54, 1.807) is 0 Å². The summed E-state index contributed by atoms with van der Waals surface area (Å²) in [5, 5.41) is 11.0. The van der Waals surface area contributed by atoms with Crippen LogP contribution >= 0.6 is 11.6 Å². The van der Waals surface area contributed by atoms with Gasteiger partial charge in [0.2, 0.25) is 0 Å². The number of halogens is 1. The Balaban J connectivity index is 1.69. The van der Waals surface area contributed by atoms with Crippen LogP contribution in [0, 0.1) is 0 Å². The highest BCUT2D eigenvalue weighted by atomic mass is 35.5. The highest BCUT2D eigenvalue weighted by molar-refractivity contribution is 6.31. The van der Waals surface area contributed by atoms with Crippen molar-refractivity contribution in [1.29, 1.82) is 0 Å². The summed E-state index contributed by atoms with van der Waals surface area (Å²) < 4.78 is 0. The molecule has 1 aliphatic heterocycles. The molecule has 1 amide bonds. The molecule has 1 atom stereocenters. The van der Waals surface area contributed by atoms with E-state index >= 15 is 0 Å². The first-order chi connectivity index (χ1) is 11.1. The molecule has 0 aliphatic carbocycles. The number of H-pyrrole nitrogens is 1. The molecule has 1 aliphatic rings. The van der Waals surface area contributed by atoms with Crippen LogP contribution in [-0.2, 0) is 0 Å². The summed E-state index contributed by atoms with van der Waals surface area (Å²) in [7, 11) is 0. The Kier molecular flexibility index (Phi) is 4.90. The molecule has 1 aromatic heterocycles. The lowest BCUT2D eigenvalue weighted by atomic mass is 10.1. The number of hydrogen-bond acceptors (Lipinski definition) is 3. The van der Waals surface area contributed by atoms with E-state index < -0.39 is 0 Å². The van der Waals surface area contributed by atoms with E-state index in [0.717, 1.165) is 30.4 Å². The van der Waals surface area contributed by atoms with Crippen molar-refractivity contribution in [3.05, 3.63) is 35.0 Å². The van der Waals surface area contributed by atoms with E-state index in [1.165, 1.54) is 0 Å². The highest BCUT2D eigenvalue weighted by Crippen LogP contribution is 2.21. The second-order valence-corrected chi connectivity index (χ2v) is 6.42. The van der Waals surface area contributed by atoms with Crippen LogP contribution in [-0.4, -0.2) is 64.6 Å². The molecular formula is C17H22ClN3O2. The summed E-state index contributed by atoms with van der Waals surface area (Å²) in [6.07, 6.45) is 0.924. The number of nitrogens with one attached hydrogen (secondary N) is 1. The first-order valence-electron chi connectivity index (χ1n) is 8.05. The van der Waals surface area contributed by atoms with Crippen LogP contribution < -0.4 is 0 Å². The predicted molar refractivity (Wildman–Crippen MR) is 92.0 cm³/mol. The van der Waals surface area contributed by atoms with Crippen molar-refractivity contribution < 1.29 is 9.90 Å². The number of benzene rings is 1. The van der Waals surface area contributed by atoms with Gasteiger partial charge in [-0.3, -0.25) is 9.69 Å². The number of hydrogen-bond donors (Lipinski definition) is 2. The number of amides is 1. The fourth-order valence-electron chi connectivity index (χ4n) is 3.18. The molecule has 0 spiro atoms. The van der Waals surface area contributed by atoms with Gasteiger partial charge < -0.3 is 15.0 Å². The van der Waals surface area contributed by atoms with Crippen LogP contribution in [0.5, 0.6) is 0 Å².